The molecule has 1 aliphatic rings. The van der Waals surface area contributed by atoms with Crippen LogP contribution in [0.5, 0.6) is 0 Å². The summed E-state index contributed by atoms with van der Waals surface area (Å²) in [6.07, 6.45) is 0.315. The van der Waals surface area contributed by atoms with Gasteiger partial charge < -0.3 is 10.4 Å². The normalized spacial score (nSPS) is 20.9. The van der Waals surface area contributed by atoms with Crippen LogP contribution in [0.15, 0.2) is 24.3 Å². The van der Waals surface area contributed by atoms with Gasteiger partial charge in [0, 0.05) is 11.4 Å². The van der Waals surface area contributed by atoms with Crippen molar-refractivity contribution in [3.63, 3.8) is 0 Å². The van der Waals surface area contributed by atoms with Gasteiger partial charge in [-0.2, -0.15) is 5.26 Å². The first-order valence-corrected chi connectivity index (χ1v) is 7.47. The molecule has 7 heteroatoms. The number of carbonyl (C=O) groups is 2. The minimum atomic E-state index is -0.994. The van der Waals surface area contributed by atoms with Gasteiger partial charge >= 0.3 is 12.0 Å². The molecule has 1 aromatic carbocycles. The van der Waals surface area contributed by atoms with Crippen LogP contribution >= 0.6 is 11.8 Å². The zero-order valence-corrected chi connectivity index (χ0v) is 12.3. The van der Waals surface area contributed by atoms with Gasteiger partial charge in [-0.15, -0.1) is 11.8 Å². The van der Waals surface area contributed by atoms with Crippen molar-refractivity contribution in [1.29, 1.82) is 5.26 Å². The van der Waals surface area contributed by atoms with Crippen molar-refractivity contribution in [2.75, 3.05) is 11.1 Å². The second-order valence-corrected chi connectivity index (χ2v) is 6.00. The summed E-state index contributed by atoms with van der Waals surface area (Å²) in [5.41, 5.74) is 1.44. The Balaban J connectivity index is 2.06. The number of hydrogen-bond acceptors (Lipinski definition) is 4. The number of amides is 2. The molecule has 6 nitrogen and oxygen atoms in total. The Labute approximate surface area is 126 Å². The summed E-state index contributed by atoms with van der Waals surface area (Å²) in [5, 5.41) is 20.3. The summed E-state index contributed by atoms with van der Waals surface area (Å²) in [5.74, 6) is -0.600. The molecule has 2 rings (SSSR count). The first-order valence-electron chi connectivity index (χ1n) is 6.42. The van der Waals surface area contributed by atoms with E-state index >= 15 is 0 Å². The Morgan fingerprint density at radius 1 is 1.48 bits per heavy atom. The van der Waals surface area contributed by atoms with E-state index in [1.165, 1.54) is 16.7 Å². The van der Waals surface area contributed by atoms with Gasteiger partial charge in [0.05, 0.1) is 17.9 Å². The highest BCUT2D eigenvalue weighted by atomic mass is 32.2. The number of thioether (sulfide) groups is 1. The van der Waals surface area contributed by atoms with Crippen LogP contribution in [-0.4, -0.2) is 39.2 Å². The minimum absolute atomic E-state index is 0.177. The molecule has 2 amide bonds. The van der Waals surface area contributed by atoms with Crippen molar-refractivity contribution >= 4 is 29.4 Å². The van der Waals surface area contributed by atoms with Gasteiger partial charge in [-0.3, -0.25) is 4.90 Å². The average Bonchev–Trinajstić information content (AvgIpc) is 2.83. The number of rotatable bonds is 3. The summed E-state index contributed by atoms with van der Waals surface area (Å²) >= 11 is 1.44. The summed E-state index contributed by atoms with van der Waals surface area (Å²) in [7, 11) is 0. The van der Waals surface area contributed by atoms with Crippen LogP contribution in [0.3, 0.4) is 0 Å². The number of carboxylic acids is 1. The fraction of sp³-hybridized carbons (Fsp3) is 0.357. The lowest BCUT2D eigenvalue weighted by atomic mass is 10.1. The molecule has 0 saturated carbocycles. The molecule has 2 atom stereocenters. The maximum Gasteiger partial charge on any atom is 0.327 e. The topological polar surface area (TPSA) is 93.4 Å². The van der Waals surface area contributed by atoms with Crippen molar-refractivity contribution in [1.82, 2.24) is 4.90 Å². The van der Waals surface area contributed by atoms with E-state index in [0.29, 0.717) is 17.9 Å². The second kappa shape index (κ2) is 6.50. The van der Waals surface area contributed by atoms with Gasteiger partial charge in [-0.05, 0) is 24.6 Å². The Bertz CT molecular complexity index is 582. The summed E-state index contributed by atoms with van der Waals surface area (Å²) < 4.78 is 0. The Hall–Kier alpha value is -2.20. The molecule has 1 aromatic rings. The number of benzene rings is 1. The van der Waals surface area contributed by atoms with E-state index in [-0.39, 0.29) is 5.37 Å². The largest absolute Gasteiger partial charge is 0.480 e. The molecule has 0 bridgehead atoms. The third kappa shape index (κ3) is 3.47. The van der Waals surface area contributed by atoms with Gasteiger partial charge in [-0.1, -0.05) is 12.1 Å². The van der Waals surface area contributed by atoms with E-state index in [4.69, 9.17) is 10.4 Å². The third-order valence-electron chi connectivity index (χ3n) is 3.23. The predicted octanol–water partition coefficient (Wildman–Crippen LogP) is 2.13. The molecule has 1 saturated heterocycles. The molecular formula is C14H15N3O3S. The number of nitrogens with zero attached hydrogens (tertiary/aromatic N) is 2. The van der Waals surface area contributed by atoms with Gasteiger partial charge in [0.15, 0.2) is 0 Å². The van der Waals surface area contributed by atoms with Crippen LogP contribution in [0.1, 0.15) is 12.5 Å². The molecule has 2 unspecified atom stereocenters. The zero-order chi connectivity index (χ0) is 15.4. The van der Waals surface area contributed by atoms with E-state index in [0.717, 1.165) is 5.56 Å². The van der Waals surface area contributed by atoms with Crippen LogP contribution in [-0.2, 0) is 11.2 Å². The molecule has 0 radical (unpaired) electrons. The van der Waals surface area contributed by atoms with Crippen LogP contribution in [0.25, 0.3) is 0 Å². The molecule has 0 aromatic heterocycles. The first kappa shape index (κ1) is 15.2. The summed E-state index contributed by atoms with van der Waals surface area (Å²) in [6, 6.07) is 7.75. The maximum absolute atomic E-state index is 12.2. The standard InChI is InChI=1S/C14H15N3O3S/c1-9-17(12(8-21-9)13(18)19)14(20)16-11-4-2-10(3-5-11)6-7-15/h2-5,9,12H,6,8H2,1H3,(H,16,20)(H,18,19). The SMILES string of the molecule is CC1SCC(C(=O)O)N1C(=O)Nc1ccc(CC#N)cc1. The van der Waals surface area contributed by atoms with Crippen molar-refractivity contribution in [3.05, 3.63) is 29.8 Å². The zero-order valence-electron chi connectivity index (χ0n) is 11.4. The molecule has 21 heavy (non-hydrogen) atoms. The lowest BCUT2D eigenvalue weighted by molar-refractivity contribution is -0.141. The molecule has 1 fully saturated rings. The highest BCUT2D eigenvalue weighted by molar-refractivity contribution is 8.00. The van der Waals surface area contributed by atoms with Gasteiger partial charge in [0.2, 0.25) is 0 Å². The molecule has 0 spiro atoms. The lowest BCUT2D eigenvalue weighted by Gasteiger charge is -2.25. The highest BCUT2D eigenvalue weighted by Crippen LogP contribution is 2.29. The monoisotopic (exact) mass is 305 g/mol. The Kier molecular flexibility index (Phi) is 4.70. The number of anilines is 1. The number of carboxylic acid groups (broad SMARTS) is 1. The van der Waals surface area contributed by atoms with E-state index in [9.17, 15) is 9.59 Å². The molecule has 110 valence electrons. The Morgan fingerprint density at radius 3 is 2.71 bits per heavy atom. The first-order chi connectivity index (χ1) is 10.0. The smallest absolute Gasteiger partial charge is 0.327 e. The van der Waals surface area contributed by atoms with E-state index in [2.05, 4.69) is 5.32 Å². The fourth-order valence-corrected chi connectivity index (χ4v) is 3.29. The van der Waals surface area contributed by atoms with E-state index < -0.39 is 18.0 Å². The average molecular weight is 305 g/mol. The van der Waals surface area contributed by atoms with Crippen LogP contribution in [0.2, 0.25) is 0 Å². The molecular weight excluding hydrogens is 290 g/mol. The number of carbonyl (C=O) groups excluding carboxylic acids is 1. The molecule has 0 aliphatic carbocycles. The van der Waals surface area contributed by atoms with Crippen LogP contribution < -0.4 is 5.32 Å². The minimum Gasteiger partial charge on any atom is -0.480 e. The molecule has 2 N–H and O–H groups in total. The van der Waals surface area contributed by atoms with Crippen LogP contribution in [0, 0.1) is 11.3 Å². The summed E-state index contributed by atoms with van der Waals surface area (Å²) in [6.45, 7) is 1.81. The van der Waals surface area contributed by atoms with Gasteiger partial charge in [0.1, 0.15) is 6.04 Å². The van der Waals surface area contributed by atoms with Crippen molar-refractivity contribution in [2.24, 2.45) is 0 Å². The number of nitriles is 1. The highest BCUT2D eigenvalue weighted by Gasteiger charge is 2.39. The second-order valence-electron chi connectivity index (χ2n) is 4.66. The van der Waals surface area contributed by atoms with Gasteiger partial charge in [0.25, 0.3) is 0 Å². The number of aliphatic carboxylic acids is 1. The number of urea groups is 1. The lowest BCUT2D eigenvalue weighted by Crippen LogP contribution is -2.46. The quantitative estimate of drug-likeness (QED) is 0.892. The number of hydrogen-bond donors (Lipinski definition) is 2. The maximum atomic E-state index is 12.2. The molecule has 1 aliphatic heterocycles. The van der Waals surface area contributed by atoms with Gasteiger partial charge in [-0.25, -0.2) is 9.59 Å². The van der Waals surface area contributed by atoms with Crippen molar-refractivity contribution < 1.29 is 14.7 Å². The van der Waals surface area contributed by atoms with Crippen molar-refractivity contribution in [3.8, 4) is 6.07 Å². The number of nitrogens with one attached hydrogen (secondary N) is 1. The summed E-state index contributed by atoms with van der Waals surface area (Å²) in [4.78, 5) is 24.7. The Morgan fingerprint density at radius 2 is 2.14 bits per heavy atom. The van der Waals surface area contributed by atoms with Crippen molar-refractivity contribution in [2.45, 2.75) is 24.8 Å². The van der Waals surface area contributed by atoms with E-state index in [1.807, 2.05) is 13.0 Å². The van der Waals surface area contributed by atoms with Crippen LogP contribution in [0.4, 0.5) is 10.5 Å². The fourth-order valence-electron chi connectivity index (χ4n) is 2.13. The van der Waals surface area contributed by atoms with E-state index in [1.54, 1.807) is 24.3 Å². The third-order valence-corrected chi connectivity index (χ3v) is 4.45. The predicted molar refractivity (Wildman–Crippen MR) is 80.0 cm³/mol. The molecule has 1 heterocycles.